The molecule has 2 aromatic rings. The van der Waals surface area contributed by atoms with E-state index >= 15 is 0 Å². The average molecular weight is 391 g/mol. The van der Waals surface area contributed by atoms with Crippen molar-refractivity contribution in [3.05, 3.63) is 27.3 Å². The van der Waals surface area contributed by atoms with Gasteiger partial charge < -0.3 is 16.2 Å². The Labute approximate surface area is 135 Å². The zero-order chi connectivity index (χ0) is 15.4. The maximum Gasteiger partial charge on any atom is 0.222 e. The second kappa shape index (κ2) is 6.29. The van der Waals surface area contributed by atoms with Crippen LogP contribution >= 0.6 is 22.6 Å². The molecule has 1 aromatic heterocycles. The first kappa shape index (κ1) is 14.9. The summed E-state index contributed by atoms with van der Waals surface area (Å²) in [7, 11) is 0. The monoisotopic (exact) mass is 391 g/mol. The summed E-state index contributed by atoms with van der Waals surface area (Å²) in [6, 6.07) is 7.32. The van der Waals surface area contributed by atoms with Crippen molar-refractivity contribution in [1.82, 2.24) is 9.97 Å². The molecular formula is C14H10IN5O. The van der Waals surface area contributed by atoms with Crippen LogP contribution in [0.15, 0.2) is 18.2 Å². The number of terminal acetylenes is 1. The van der Waals surface area contributed by atoms with Gasteiger partial charge in [-0.15, -0.1) is 6.42 Å². The van der Waals surface area contributed by atoms with Gasteiger partial charge in [0.2, 0.25) is 5.95 Å². The Balaban J connectivity index is 2.51. The molecule has 1 aromatic carbocycles. The zero-order valence-corrected chi connectivity index (χ0v) is 13.0. The van der Waals surface area contributed by atoms with Crippen LogP contribution in [0.25, 0.3) is 11.3 Å². The smallest absolute Gasteiger partial charge is 0.222 e. The van der Waals surface area contributed by atoms with Crippen LogP contribution < -0.4 is 16.2 Å². The van der Waals surface area contributed by atoms with Crippen LogP contribution in [0.5, 0.6) is 5.75 Å². The number of nitrogens with two attached hydrogens (primary N) is 2. The number of halogens is 1. The maximum absolute atomic E-state index is 9.19. The average Bonchev–Trinajstić information content (AvgIpc) is 2.45. The summed E-state index contributed by atoms with van der Waals surface area (Å²) < 4.78 is 6.22. The van der Waals surface area contributed by atoms with E-state index in [1.165, 1.54) is 0 Å². The van der Waals surface area contributed by atoms with Gasteiger partial charge in [-0.2, -0.15) is 10.2 Å². The zero-order valence-electron chi connectivity index (χ0n) is 10.8. The molecular weight excluding hydrogens is 381 g/mol. The highest BCUT2D eigenvalue weighted by molar-refractivity contribution is 14.1. The summed E-state index contributed by atoms with van der Waals surface area (Å²) in [4.78, 5) is 7.88. The van der Waals surface area contributed by atoms with Gasteiger partial charge in [0.25, 0.3) is 0 Å². The summed E-state index contributed by atoms with van der Waals surface area (Å²) >= 11 is 2.11. The Hall–Kier alpha value is -2.52. The lowest BCUT2D eigenvalue weighted by molar-refractivity contribution is 0.368. The lowest BCUT2D eigenvalue weighted by Crippen LogP contribution is -2.05. The third-order valence-electron chi connectivity index (χ3n) is 2.58. The molecule has 0 spiro atoms. The number of nitrogen functional groups attached to an aromatic ring is 2. The number of nitriles is 1. The highest BCUT2D eigenvalue weighted by Gasteiger charge is 2.14. The Kier molecular flexibility index (Phi) is 4.45. The van der Waals surface area contributed by atoms with Crippen LogP contribution in [0.2, 0.25) is 0 Å². The summed E-state index contributed by atoms with van der Waals surface area (Å²) in [6.07, 6.45) is 5.16. The lowest BCUT2D eigenvalue weighted by Gasteiger charge is -2.09. The fourth-order valence-electron chi connectivity index (χ4n) is 1.70. The molecule has 0 aliphatic carbocycles. The molecule has 0 atom stereocenters. The number of ether oxygens (including phenoxy) is 1. The number of benzene rings is 1. The van der Waals surface area contributed by atoms with Gasteiger partial charge in [0.1, 0.15) is 29.8 Å². The van der Waals surface area contributed by atoms with Gasteiger partial charge in [-0.25, -0.2) is 4.98 Å². The van der Waals surface area contributed by atoms with E-state index < -0.39 is 0 Å². The molecule has 0 radical (unpaired) electrons. The molecule has 0 bridgehead atoms. The molecule has 0 amide bonds. The largest absolute Gasteiger partial charge is 0.480 e. The van der Waals surface area contributed by atoms with Crippen molar-refractivity contribution < 1.29 is 4.74 Å². The van der Waals surface area contributed by atoms with Gasteiger partial charge in [0.05, 0.1) is 9.26 Å². The fourth-order valence-corrected chi connectivity index (χ4v) is 2.37. The second-order valence-electron chi connectivity index (χ2n) is 3.94. The molecule has 0 saturated heterocycles. The predicted octanol–water partition coefficient (Wildman–Crippen LogP) is 1.80. The number of hydrogen-bond acceptors (Lipinski definition) is 6. The normalized spacial score (nSPS) is 9.67. The molecule has 2 rings (SSSR count). The Morgan fingerprint density at radius 3 is 2.71 bits per heavy atom. The summed E-state index contributed by atoms with van der Waals surface area (Å²) in [5.41, 5.74) is 12.6. The molecule has 0 unspecified atom stereocenters. The van der Waals surface area contributed by atoms with Gasteiger partial charge in [-0.1, -0.05) is 5.92 Å². The molecule has 0 aliphatic heterocycles. The van der Waals surface area contributed by atoms with Crippen LogP contribution in [0, 0.1) is 27.2 Å². The Morgan fingerprint density at radius 2 is 2.10 bits per heavy atom. The first-order chi connectivity index (χ1) is 10.1. The molecule has 21 heavy (non-hydrogen) atoms. The minimum atomic E-state index is 0.0177. The van der Waals surface area contributed by atoms with Gasteiger partial charge in [-0.05, 0) is 40.8 Å². The Morgan fingerprint density at radius 1 is 1.33 bits per heavy atom. The maximum atomic E-state index is 9.19. The molecule has 1 heterocycles. The lowest BCUT2D eigenvalue weighted by atomic mass is 10.1. The van der Waals surface area contributed by atoms with Crippen molar-refractivity contribution in [3.63, 3.8) is 0 Å². The first-order valence-electron chi connectivity index (χ1n) is 5.76. The van der Waals surface area contributed by atoms with Crippen molar-refractivity contribution in [2.24, 2.45) is 0 Å². The predicted molar refractivity (Wildman–Crippen MR) is 88.1 cm³/mol. The number of hydrogen-bond donors (Lipinski definition) is 2. The third kappa shape index (κ3) is 3.15. The van der Waals surface area contributed by atoms with Crippen molar-refractivity contribution in [1.29, 1.82) is 5.26 Å². The molecule has 0 aliphatic rings. The van der Waals surface area contributed by atoms with Crippen molar-refractivity contribution in [2.75, 3.05) is 18.1 Å². The highest BCUT2D eigenvalue weighted by Crippen LogP contribution is 2.30. The number of nitrogens with zero attached hydrogens (tertiary/aromatic N) is 3. The topological polar surface area (TPSA) is 111 Å². The van der Waals surface area contributed by atoms with Gasteiger partial charge in [-0.3, -0.25) is 0 Å². The van der Waals surface area contributed by atoms with Crippen molar-refractivity contribution in [2.45, 2.75) is 0 Å². The van der Waals surface area contributed by atoms with E-state index in [0.717, 1.165) is 3.57 Å². The van der Waals surface area contributed by atoms with Gasteiger partial charge in [0.15, 0.2) is 0 Å². The fraction of sp³-hybridized carbons (Fsp3) is 0.0714. The minimum absolute atomic E-state index is 0.0177. The van der Waals surface area contributed by atoms with Gasteiger partial charge in [0, 0.05) is 5.56 Å². The van der Waals surface area contributed by atoms with Crippen LogP contribution in [0.4, 0.5) is 11.8 Å². The molecule has 7 heteroatoms. The highest BCUT2D eigenvalue weighted by atomic mass is 127. The van der Waals surface area contributed by atoms with E-state index in [4.69, 9.17) is 22.6 Å². The van der Waals surface area contributed by atoms with Crippen molar-refractivity contribution >= 4 is 34.4 Å². The number of aromatic nitrogens is 2. The molecule has 0 saturated carbocycles. The molecule has 6 nitrogen and oxygen atoms in total. The Bertz CT molecular complexity index is 776. The van der Waals surface area contributed by atoms with Crippen LogP contribution in [-0.2, 0) is 0 Å². The summed E-state index contributed by atoms with van der Waals surface area (Å²) in [5.74, 6) is 3.13. The van der Waals surface area contributed by atoms with Crippen LogP contribution in [0.3, 0.4) is 0 Å². The second-order valence-corrected chi connectivity index (χ2v) is 5.10. The standard InChI is InChI=1S/C14H10IN5O/c1-2-5-21-11-4-3-8(6-10(11)15)12-9(7-16)13(17)20-14(18)19-12/h1,3-4,6H,5H2,(H4,17,18,19,20). The SMILES string of the molecule is C#CCOc1ccc(-c2nc(N)nc(N)c2C#N)cc1I. The van der Waals surface area contributed by atoms with Crippen LogP contribution in [0.1, 0.15) is 5.56 Å². The number of anilines is 2. The number of rotatable bonds is 3. The molecule has 0 fully saturated rings. The van der Waals surface area contributed by atoms with E-state index in [1.807, 2.05) is 12.1 Å². The first-order valence-corrected chi connectivity index (χ1v) is 6.84. The van der Waals surface area contributed by atoms with E-state index in [1.54, 1.807) is 12.1 Å². The van der Waals surface area contributed by atoms with E-state index in [9.17, 15) is 5.26 Å². The minimum Gasteiger partial charge on any atom is -0.480 e. The molecule has 104 valence electrons. The van der Waals surface area contributed by atoms with Crippen molar-refractivity contribution in [3.8, 4) is 35.4 Å². The van der Waals surface area contributed by atoms with E-state index in [0.29, 0.717) is 17.0 Å². The third-order valence-corrected chi connectivity index (χ3v) is 3.43. The summed E-state index contributed by atoms with van der Waals surface area (Å²) in [6.45, 7) is 0.187. The summed E-state index contributed by atoms with van der Waals surface area (Å²) in [5, 5.41) is 9.19. The van der Waals surface area contributed by atoms with E-state index in [2.05, 4.69) is 38.5 Å². The van der Waals surface area contributed by atoms with Gasteiger partial charge >= 0.3 is 0 Å². The van der Waals surface area contributed by atoms with Crippen LogP contribution in [-0.4, -0.2) is 16.6 Å². The quantitative estimate of drug-likeness (QED) is 0.610. The van der Waals surface area contributed by atoms with E-state index in [-0.39, 0.29) is 23.9 Å². The molecule has 4 N–H and O–H groups in total.